The summed E-state index contributed by atoms with van der Waals surface area (Å²) < 4.78 is 9.26. The molecular weight excluding hydrogens is 160 g/mol. The highest BCUT2D eigenvalue weighted by molar-refractivity contribution is 5.82. The van der Waals surface area contributed by atoms with Gasteiger partial charge in [-0.3, -0.25) is 4.79 Å². The first-order valence-corrected chi connectivity index (χ1v) is 3.28. The molecule has 4 heteroatoms. The summed E-state index contributed by atoms with van der Waals surface area (Å²) in [6.07, 6.45) is 0.673. The fourth-order valence-electron chi connectivity index (χ4n) is 0.962. The van der Waals surface area contributed by atoms with Crippen molar-refractivity contribution in [1.82, 2.24) is 0 Å². The van der Waals surface area contributed by atoms with Crippen LogP contribution in [0.5, 0.6) is 0 Å². The van der Waals surface area contributed by atoms with Crippen molar-refractivity contribution in [2.45, 2.75) is 0 Å². The van der Waals surface area contributed by atoms with Crippen LogP contribution in [-0.2, 0) is 0 Å². The molecule has 1 heterocycles. The zero-order chi connectivity index (χ0) is 8.55. The molecule has 4 nitrogen and oxygen atoms in total. The molecular formula is C8H4O4. The van der Waals surface area contributed by atoms with Crippen LogP contribution in [0.3, 0.4) is 0 Å². The van der Waals surface area contributed by atoms with Crippen LogP contribution in [0.15, 0.2) is 31.8 Å². The van der Waals surface area contributed by atoms with E-state index >= 15 is 0 Å². The van der Waals surface area contributed by atoms with E-state index in [1.807, 2.05) is 0 Å². The normalized spacial score (nSPS) is 10.3. The molecule has 0 aliphatic rings. The van der Waals surface area contributed by atoms with Crippen LogP contribution in [0.4, 0.5) is 0 Å². The van der Waals surface area contributed by atoms with Gasteiger partial charge in [0, 0.05) is 5.56 Å². The van der Waals surface area contributed by atoms with Gasteiger partial charge >= 0.3 is 5.82 Å². The average Bonchev–Trinajstić information content (AvgIpc) is 2.43. The third-order valence-electron chi connectivity index (χ3n) is 1.49. The van der Waals surface area contributed by atoms with Gasteiger partial charge in [-0.1, -0.05) is 0 Å². The van der Waals surface area contributed by atoms with Crippen LogP contribution in [-0.4, -0.2) is 6.29 Å². The minimum atomic E-state index is -0.756. The topological polar surface area (TPSA) is 60.4 Å². The Balaban J connectivity index is 2.82. The lowest BCUT2D eigenvalue weighted by molar-refractivity contribution is 0.112. The largest absolute Gasteiger partial charge is 0.519 e. The Morgan fingerprint density at radius 2 is 1.92 bits per heavy atom. The molecule has 2 aromatic rings. The van der Waals surface area contributed by atoms with Crippen molar-refractivity contribution in [2.75, 3.05) is 0 Å². The van der Waals surface area contributed by atoms with E-state index in [0.29, 0.717) is 23.0 Å². The van der Waals surface area contributed by atoms with Crippen molar-refractivity contribution < 1.29 is 13.6 Å². The highest BCUT2D eigenvalue weighted by Gasteiger charge is 2.02. The molecule has 0 aliphatic carbocycles. The highest BCUT2D eigenvalue weighted by Crippen LogP contribution is 2.12. The van der Waals surface area contributed by atoms with Crippen molar-refractivity contribution in [1.29, 1.82) is 0 Å². The Morgan fingerprint density at radius 3 is 2.67 bits per heavy atom. The standard InChI is InChI=1S/C8H4O4/c9-4-5-1-2-6-7(3-5)12-8(10)11-6/h1-4H. The van der Waals surface area contributed by atoms with Gasteiger partial charge in [-0.2, -0.15) is 0 Å². The summed E-state index contributed by atoms with van der Waals surface area (Å²) in [4.78, 5) is 20.9. The van der Waals surface area contributed by atoms with Crippen molar-refractivity contribution in [2.24, 2.45) is 0 Å². The zero-order valence-corrected chi connectivity index (χ0v) is 5.94. The molecule has 2 rings (SSSR count). The minimum Gasteiger partial charge on any atom is -0.391 e. The zero-order valence-electron chi connectivity index (χ0n) is 5.94. The summed E-state index contributed by atoms with van der Waals surface area (Å²) in [6, 6.07) is 4.52. The molecule has 0 bridgehead atoms. The van der Waals surface area contributed by atoms with Crippen LogP contribution in [0.1, 0.15) is 10.4 Å². The van der Waals surface area contributed by atoms with Gasteiger partial charge in [-0.05, 0) is 18.2 Å². The number of benzene rings is 1. The van der Waals surface area contributed by atoms with Crippen LogP contribution in [0.25, 0.3) is 11.2 Å². The van der Waals surface area contributed by atoms with Gasteiger partial charge in [0.2, 0.25) is 0 Å². The number of fused-ring (bicyclic) bond motifs is 1. The van der Waals surface area contributed by atoms with Gasteiger partial charge in [0.1, 0.15) is 6.29 Å². The second kappa shape index (κ2) is 2.34. The molecule has 12 heavy (non-hydrogen) atoms. The Labute approximate surface area is 66.4 Å². The summed E-state index contributed by atoms with van der Waals surface area (Å²) in [5.41, 5.74) is 1.10. The predicted molar refractivity (Wildman–Crippen MR) is 40.1 cm³/mol. The lowest BCUT2D eigenvalue weighted by Gasteiger charge is -1.85. The molecule has 60 valence electrons. The number of carbonyl (C=O) groups is 1. The lowest BCUT2D eigenvalue weighted by Crippen LogP contribution is -1.84. The lowest BCUT2D eigenvalue weighted by atomic mass is 10.2. The van der Waals surface area contributed by atoms with Crippen molar-refractivity contribution in [3.63, 3.8) is 0 Å². The molecule has 0 spiro atoms. The molecule has 0 fully saturated rings. The SMILES string of the molecule is O=Cc1ccc2oc(=O)oc2c1. The van der Waals surface area contributed by atoms with E-state index < -0.39 is 5.82 Å². The first-order chi connectivity index (χ1) is 5.79. The highest BCUT2D eigenvalue weighted by atomic mass is 16.6. The Kier molecular flexibility index (Phi) is 1.33. The molecule has 0 saturated carbocycles. The molecule has 0 radical (unpaired) electrons. The molecule has 0 saturated heterocycles. The molecule has 1 aromatic heterocycles. The van der Waals surface area contributed by atoms with E-state index in [9.17, 15) is 9.59 Å². The maximum absolute atomic E-state index is 10.6. The van der Waals surface area contributed by atoms with Gasteiger partial charge in [0.15, 0.2) is 11.2 Å². The maximum atomic E-state index is 10.6. The smallest absolute Gasteiger partial charge is 0.391 e. The summed E-state index contributed by atoms with van der Waals surface area (Å²) in [7, 11) is 0. The molecule has 0 unspecified atom stereocenters. The predicted octanol–water partition coefficient (Wildman–Crippen LogP) is 1.20. The quantitative estimate of drug-likeness (QED) is 0.594. The maximum Gasteiger partial charge on any atom is 0.519 e. The monoisotopic (exact) mass is 164 g/mol. The van der Waals surface area contributed by atoms with E-state index in [2.05, 4.69) is 8.83 Å². The van der Waals surface area contributed by atoms with Crippen LogP contribution < -0.4 is 5.82 Å². The Morgan fingerprint density at radius 1 is 1.17 bits per heavy atom. The molecule has 0 N–H and O–H groups in total. The number of hydrogen-bond acceptors (Lipinski definition) is 4. The van der Waals surface area contributed by atoms with E-state index in [1.54, 1.807) is 6.07 Å². The van der Waals surface area contributed by atoms with Crippen LogP contribution in [0, 0.1) is 0 Å². The number of aldehydes is 1. The van der Waals surface area contributed by atoms with E-state index in [-0.39, 0.29) is 0 Å². The second-order valence-corrected chi connectivity index (χ2v) is 2.28. The van der Waals surface area contributed by atoms with Gasteiger partial charge in [0.05, 0.1) is 0 Å². The van der Waals surface area contributed by atoms with E-state index in [0.717, 1.165) is 0 Å². The fourth-order valence-corrected chi connectivity index (χ4v) is 0.962. The third kappa shape index (κ3) is 0.934. The summed E-state index contributed by atoms with van der Waals surface area (Å²) in [5.74, 6) is -0.756. The van der Waals surface area contributed by atoms with E-state index in [4.69, 9.17) is 0 Å². The van der Waals surface area contributed by atoms with Gasteiger partial charge in [-0.15, -0.1) is 0 Å². The van der Waals surface area contributed by atoms with Crippen molar-refractivity contribution in [3.8, 4) is 0 Å². The Hall–Kier alpha value is -1.84. The van der Waals surface area contributed by atoms with Crippen molar-refractivity contribution >= 4 is 17.5 Å². The molecule has 0 atom stereocenters. The number of carbonyl (C=O) groups excluding carboxylic acids is 1. The summed E-state index contributed by atoms with van der Waals surface area (Å²) >= 11 is 0. The minimum absolute atomic E-state index is 0.296. The fraction of sp³-hybridized carbons (Fsp3) is 0. The first kappa shape index (κ1) is 6.84. The summed E-state index contributed by atoms with van der Waals surface area (Å²) in [6.45, 7) is 0. The number of hydrogen-bond donors (Lipinski definition) is 0. The average molecular weight is 164 g/mol. The van der Waals surface area contributed by atoms with Gasteiger partial charge < -0.3 is 8.83 Å². The van der Waals surface area contributed by atoms with Crippen LogP contribution in [0.2, 0.25) is 0 Å². The van der Waals surface area contributed by atoms with Crippen LogP contribution >= 0.6 is 0 Å². The number of rotatable bonds is 1. The van der Waals surface area contributed by atoms with E-state index in [1.165, 1.54) is 12.1 Å². The molecule has 1 aromatic carbocycles. The second-order valence-electron chi connectivity index (χ2n) is 2.28. The molecule has 0 aliphatic heterocycles. The Bertz CT molecular complexity index is 477. The van der Waals surface area contributed by atoms with Gasteiger partial charge in [-0.25, -0.2) is 4.79 Å². The summed E-state index contributed by atoms with van der Waals surface area (Å²) in [5, 5.41) is 0. The third-order valence-corrected chi connectivity index (χ3v) is 1.49. The van der Waals surface area contributed by atoms with Gasteiger partial charge in [0.25, 0.3) is 0 Å². The first-order valence-electron chi connectivity index (χ1n) is 3.28. The molecule has 0 amide bonds. The van der Waals surface area contributed by atoms with Crippen molar-refractivity contribution in [3.05, 3.63) is 34.4 Å².